The highest BCUT2D eigenvalue weighted by molar-refractivity contribution is 7.89. The third kappa shape index (κ3) is 7.13. The number of nitrogens with one attached hydrogen (secondary N) is 1. The number of aliphatic carboxylic acids is 1. The molecule has 0 unspecified atom stereocenters. The number of rotatable bonds is 11. The molecule has 0 radical (unpaired) electrons. The van der Waals surface area contributed by atoms with Crippen LogP contribution in [0.2, 0.25) is 0 Å². The molecular weight excluding hydrogens is 442 g/mol. The molecule has 0 saturated heterocycles. The van der Waals surface area contributed by atoms with Crippen LogP contribution in [0.1, 0.15) is 27.9 Å². The van der Waals surface area contributed by atoms with Gasteiger partial charge in [-0.1, -0.05) is 48.5 Å². The summed E-state index contributed by atoms with van der Waals surface area (Å²) in [5.74, 6) is -0.757. The number of allylic oxidation sites excluding steroid dienone is 1. The average molecular weight is 466 g/mol. The molecule has 3 rings (SSSR count). The van der Waals surface area contributed by atoms with E-state index in [0.29, 0.717) is 17.9 Å². The Morgan fingerprint density at radius 2 is 1.58 bits per heavy atom. The van der Waals surface area contributed by atoms with Crippen molar-refractivity contribution in [3.63, 3.8) is 0 Å². The molecule has 0 aliphatic carbocycles. The molecule has 0 saturated carbocycles. The lowest BCUT2D eigenvalue weighted by atomic mass is 10.1. The normalized spacial score (nSPS) is 11.4. The molecule has 0 spiro atoms. The van der Waals surface area contributed by atoms with Gasteiger partial charge in [0.2, 0.25) is 10.0 Å². The SMILES string of the molecule is O=C(O)CCNS(=O)(=O)c1ccc(C(=O)/C=C/c2ccccc2OCc2ccccc2)cc1. The molecule has 3 aromatic carbocycles. The fourth-order valence-corrected chi connectivity index (χ4v) is 3.95. The van der Waals surface area contributed by atoms with Gasteiger partial charge in [0.1, 0.15) is 12.4 Å². The zero-order valence-electron chi connectivity index (χ0n) is 17.7. The standard InChI is InChI=1S/C25H23NO6S/c27-23(20-10-13-22(14-11-20)33(30,31)26-17-16-25(28)29)15-12-21-8-4-5-9-24(21)32-18-19-6-2-1-3-7-19/h1-15,26H,16-18H2,(H,28,29)/b15-12+. The smallest absolute Gasteiger partial charge is 0.304 e. The van der Waals surface area contributed by atoms with Crippen molar-refractivity contribution >= 4 is 27.9 Å². The summed E-state index contributed by atoms with van der Waals surface area (Å²) >= 11 is 0. The van der Waals surface area contributed by atoms with Gasteiger partial charge in [0.25, 0.3) is 0 Å². The number of carbonyl (C=O) groups is 2. The minimum Gasteiger partial charge on any atom is -0.488 e. The van der Waals surface area contributed by atoms with E-state index in [4.69, 9.17) is 9.84 Å². The minimum absolute atomic E-state index is 0.0481. The molecule has 0 aliphatic heterocycles. The molecule has 7 nitrogen and oxygen atoms in total. The van der Waals surface area contributed by atoms with Gasteiger partial charge in [0, 0.05) is 17.7 Å². The Morgan fingerprint density at radius 1 is 0.909 bits per heavy atom. The van der Waals surface area contributed by atoms with Crippen molar-refractivity contribution < 1.29 is 27.9 Å². The van der Waals surface area contributed by atoms with E-state index in [2.05, 4.69) is 4.72 Å². The Bertz CT molecular complexity index is 1240. The van der Waals surface area contributed by atoms with Crippen LogP contribution < -0.4 is 9.46 Å². The van der Waals surface area contributed by atoms with E-state index >= 15 is 0 Å². The molecule has 0 atom stereocenters. The number of ketones is 1. The quantitative estimate of drug-likeness (QED) is 0.328. The average Bonchev–Trinajstić information content (AvgIpc) is 2.82. The maximum absolute atomic E-state index is 12.6. The van der Waals surface area contributed by atoms with Gasteiger partial charge in [0.15, 0.2) is 5.78 Å². The summed E-state index contributed by atoms with van der Waals surface area (Å²) < 4.78 is 32.5. The second-order valence-electron chi connectivity index (χ2n) is 7.08. The molecular formula is C25H23NO6S. The number of carbonyl (C=O) groups excluding carboxylic acids is 1. The maximum atomic E-state index is 12.6. The molecule has 0 heterocycles. The molecule has 2 N–H and O–H groups in total. The largest absolute Gasteiger partial charge is 0.488 e. The highest BCUT2D eigenvalue weighted by atomic mass is 32.2. The lowest BCUT2D eigenvalue weighted by Gasteiger charge is -2.09. The second-order valence-corrected chi connectivity index (χ2v) is 8.84. The zero-order chi connectivity index (χ0) is 23.7. The van der Waals surface area contributed by atoms with Crippen molar-refractivity contribution in [3.8, 4) is 5.75 Å². The Morgan fingerprint density at radius 3 is 2.27 bits per heavy atom. The number of sulfonamides is 1. The predicted octanol–water partition coefficient (Wildman–Crippen LogP) is 3.91. The zero-order valence-corrected chi connectivity index (χ0v) is 18.5. The monoisotopic (exact) mass is 465 g/mol. The van der Waals surface area contributed by atoms with Crippen LogP contribution >= 0.6 is 0 Å². The summed E-state index contributed by atoms with van der Waals surface area (Å²) in [5, 5.41) is 8.62. The summed E-state index contributed by atoms with van der Waals surface area (Å²) in [4.78, 5) is 23.1. The molecule has 0 aromatic heterocycles. The van der Waals surface area contributed by atoms with Crippen molar-refractivity contribution in [3.05, 3.63) is 102 Å². The van der Waals surface area contributed by atoms with E-state index in [0.717, 1.165) is 11.1 Å². The van der Waals surface area contributed by atoms with Crippen molar-refractivity contribution in [1.29, 1.82) is 0 Å². The molecule has 3 aromatic rings. The van der Waals surface area contributed by atoms with Crippen LogP contribution in [0.3, 0.4) is 0 Å². The second kappa shape index (κ2) is 11.2. The van der Waals surface area contributed by atoms with Crippen molar-refractivity contribution in [2.45, 2.75) is 17.9 Å². The Balaban J connectivity index is 1.65. The number of carboxylic acids is 1. The third-order valence-corrected chi connectivity index (χ3v) is 6.13. The van der Waals surface area contributed by atoms with Crippen LogP contribution in [0.25, 0.3) is 6.08 Å². The Kier molecular flexibility index (Phi) is 8.12. The number of hydrogen-bond acceptors (Lipinski definition) is 5. The number of carboxylic acid groups (broad SMARTS) is 1. The molecule has 0 aliphatic rings. The first-order chi connectivity index (χ1) is 15.8. The minimum atomic E-state index is -3.85. The van der Waals surface area contributed by atoms with Gasteiger partial charge in [0.05, 0.1) is 11.3 Å². The summed E-state index contributed by atoms with van der Waals surface area (Å²) in [6.07, 6.45) is 2.73. The summed E-state index contributed by atoms with van der Waals surface area (Å²) in [7, 11) is -3.85. The van der Waals surface area contributed by atoms with Crippen LogP contribution in [-0.4, -0.2) is 31.8 Å². The summed E-state index contributed by atoms with van der Waals surface area (Å²) in [6, 6.07) is 22.5. The van der Waals surface area contributed by atoms with Crippen LogP contribution in [0.15, 0.2) is 89.8 Å². The molecule has 170 valence electrons. The molecule has 0 fully saturated rings. The number of hydrogen-bond donors (Lipinski definition) is 2. The van der Waals surface area contributed by atoms with Crippen LogP contribution in [-0.2, 0) is 21.4 Å². The van der Waals surface area contributed by atoms with E-state index in [1.165, 1.54) is 30.3 Å². The van der Waals surface area contributed by atoms with Gasteiger partial charge in [-0.25, -0.2) is 13.1 Å². The Hall–Kier alpha value is -3.75. The van der Waals surface area contributed by atoms with Gasteiger partial charge >= 0.3 is 5.97 Å². The van der Waals surface area contributed by atoms with Crippen LogP contribution in [0, 0.1) is 0 Å². The van der Waals surface area contributed by atoms with Crippen molar-refractivity contribution in [2.24, 2.45) is 0 Å². The molecule has 0 amide bonds. The number of benzene rings is 3. The predicted molar refractivity (Wildman–Crippen MR) is 124 cm³/mol. The highest BCUT2D eigenvalue weighted by Crippen LogP contribution is 2.21. The number of ether oxygens (including phenoxy) is 1. The number of para-hydroxylation sites is 1. The first-order valence-corrected chi connectivity index (χ1v) is 11.6. The van der Waals surface area contributed by atoms with E-state index in [-0.39, 0.29) is 23.6 Å². The fourth-order valence-electron chi connectivity index (χ4n) is 2.92. The first-order valence-electron chi connectivity index (χ1n) is 10.1. The van der Waals surface area contributed by atoms with Gasteiger partial charge < -0.3 is 9.84 Å². The molecule has 0 bridgehead atoms. The van der Waals surface area contributed by atoms with Gasteiger partial charge in [-0.3, -0.25) is 9.59 Å². The summed E-state index contributed by atoms with van der Waals surface area (Å²) in [5.41, 5.74) is 2.09. The Labute approximate surface area is 192 Å². The first kappa shape index (κ1) is 23.9. The van der Waals surface area contributed by atoms with Gasteiger partial charge in [-0.15, -0.1) is 0 Å². The molecule has 8 heteroatoms. The van der Waals surface area contributed by atoms with Crippen LogP contribution in [0.5, 0.6) is 5.75 Å². The van der Waals surface area contributed by atoms with Crippen molar-refractivity contribution in [1.82, 2.24) is 4.72 Å². The van der Waals surface area contributed by atoms with Gasteiger partial charge in [-0.2, -0.15) is 0 Å². The lowest BCUT2D eigenvalue weighted by molar-refractivity contribution is -0.136. The van der Waals surface area contributed by atoms with Crippen LogP contribution in [0.4, 0.5) is 0 Å². The van der Waals surface area contributed by atoms with E-state index in [1.54, 1.807) is 6.08 Å². The van der Waals surface area contributed by atoms with E-state index in [9.17, 15) is 18.0 Å². The highest BCUT2D eigenvalue weighted by Gasteiger charge is 2.14. The molecule has 33 heavy (non-hydrogen) atoms. The van der Waals surface area contributed by atoms with E-state index in [1.807, 2.05) is 54.6 Å². The third-order valence-electron chi connectivity index (χ3n) is 4.65. The summed E-state index contributed by atoms with van der Waals surface area (Å²) in [6.45, 7) is 0.183. The van der Waals surface area contributed by atoms with E-state index < -0.39 is 16.0 Å². The van der Waals surface area contributed by atoms with Crippen molar-refractivity contribution in [2.75, 3.05) is 6.54 Å². The topological polar surface area (TPSA) is 110 Å². The maximum Gasteiger partial charge on any atom is 0.304 e. The van der Waals surface area contributed by atoms with Gasteiger partial charge in [-0.05, 0) is 48.0 Å². The fraction of sp³-hybridized carbons (Fsp3) is 0.120. The lowest BCUT2D eigenvalue weighted by Crippen LogP contribution is -2.26.